The molecule has 0 aromatic rings. The SMILES string of the molecule is C=CCN1C=CCC([C]=O)=C1. The molecule has 11 heavy (non-hydrogen) atoms. The molecule has 0 amide bonds. The Balaban J connectivity index is 2.60. The van der Waals surface area contributed by atoms with Gasteiger partial charge in [0.05, 0.1) is 0 Å². The van der Waals surface area contributed by atoms with Crippen LogP contribution >= 0.6 is 0 Å². The maximum absolute atomic E-state index is 10.2. The van der Waals surface area contributed by atoms with Gasteiger partial charge in [-0.3, -0.25) is 4.79 Å². The van der Waals surface area contributed by atoms with Crippen molar-refractivity contribution in [2.45, 2.75) is 6.42 Å². The van der Waals surface area contributed by atoms with Gasteiger partial charge in [0.1, 0.15) is 0 Å². The summed E-state index contributed by atoms with van der Waals surface area (Å²) in [5.74, 6) is 0. The average molecular weight is 148 g/mol. The van der Waals surface area contributed by atoms with E-state index in [4.69, 9.17) is 0 Å². The lowest BCUT2D eigenvalue weighted by atomic mass is 10.2. The fourth-order valence-electron chi connectivity index (χ4n) is 0.942. The summed E-state index contributed by atoms with van der Waals surface area (Å²) in [5.41, 5.74) is 0.689. The molecule has 1 heterocycles. The Labute approximate surface area is 66.5 Å². The molecule has 0 bridgehead atoms. The second-order valence-electron chi connectivity index (χ2n) is 2.33. The van der Waals surface area contributed by atoms with Gasteiger partial charge in [0, 0.05) is 24.5 Å². The zero-order valence-corrected chi connectivity index (χ0v) is 6.29. The zero-order chi connectivity index (χ0) is 8.10. The molecule has 2 nitrogen and oxygen atoms in total. The van der Waals surface area contributed by atoms with Crippen LogP contribution in [-0.4, -0.2) is 17.7 Å². The van der Waals surface area contributed by atoms with Crippen molar-refractivity contribution >= 4 is 6.29 Å². The van der Waals surface area contributed by atoms with Gasteiger partial charge in [-0.25, -0.2) is 0 Å². The van der Waals surface area contributed by atoms with Gasteiger partial charge in [0.2, 0.25) is 6.29 Å². The van der Waals surface area contributed by atoms with Crippen molar-refractivity contribution in [1.82, 2.24) is 4.90 Å². The van der Waals surface area contributed by atoms with Crippen LogP contribution in [0, 0.1) is 0 Å². The predicted molar refractivity (Wildman–Crippen MR) is 44.4 cm³/mol. The smallest absolute Gasteiger partial charge is 0.231 e. The molecule has 0 unspecified atom stereocenters. The lowest BCUT2D eigenvalue weighted by molar-refractivity contribution is 0.539. The molecule has 2 heteroatoms. The molecule has 0 saturated carbocycles. The first kappa shape index (κ1) is 7.79. The second-order valence-corrected chi connectivity index (χ2v) is 2.33. The van der Waals surface area contributed by atoms with E-state index in [0.717, 1.165) is 6.54 Å². The molecule has 1 aliphatic heterocycles. The number of allylic oxidation sites excluding steroid dienone is 2. The van der Waals surface area contributed by atoms with Gasteiger partial charge in [-0.1, -0.05) is 12.2 Å². The summed E-state index contributed by atoms with van der Waals surface area (Å²) in [6, 6.07) is 0. The highest BCUT2D eigenvalue weighted by molar-refractivity contribution is 5.74. The van der Waals surface area contributed by atoms with Crippen molar-refractivity contribution in [3.05, 3.63) is 36.7 Å². The lowest BCUT2D eigenvalue weighted by Gasteiger charge is -2.16. The zero-order valence-electron chi connectivity index (χ0n) is 6.29. The molecule has 1 rings (SSSR count). The van der Waals surface area contributed by atoms with E-state index >= 15 is 0 Å². The van der Waals surface area contributed by atoms with Crippen LogP contribution in [0.3, 0.4) is 0 Å². The summed E-state index contributed by atoms with van der Waals surface area (Å²) >= 11 is 0. The average Bonchev–Trinajstić information content (AvgIpc) is 2.06. The van der Waals surface area contributed by atoms with E-state index < -0.39 is 0 Å². The molecule has 57 valence electrons. The summed E-state index contributed by atoms with van der Waals surface area (Å²) in [7, 11) is 0. The van der Waals surface area contributed by atoms with Gasteiger partial charge in [-0.2, -0.15) is 0 Å². The van der Waals surface area contributed by atoms with E-state index in [9.17, 15) is 4.79 Å². The molecule has 0 aromatic heterocycles. The third kappa shape index (κ3) is 2.08. The van der Waals surface area contributed by atoms with Gasteiger partial charge in [0.25, 0.3) is 0 Å². The maximum atomic E-state index is 10.2. The van der Waals surface area contributed by atoms with Gasteiger partial charge in [0.15, 0.2) is 0 Å². The molecule has 1 radical (unpaired) electrons. The van der Waals surface area contributed by atoms with Crippen LogP contribution in [0.25, 0.3) is 0 Å². The number of hydrogen-bond donors (Lipinski definition) is 0. The summed E-state index contributed by atoms with van der Waals surface area (Å²) in [5, 5.41) is 0. The van der Waals surface area contributed by atoms with E-state index in [1.165, 1.54) is 0 Å². The monoisotopic (exact) mass is 148 g/mol. The minimum Gasteiger partial charge on any atom is -0.350 e. The summed E-state index contributed by atoms with van der Waals surface area (Å²) in [6.45, 7) is 4.34. The van der Waals surface area contributed by atoms with Gasteiger partial charge in [-0.15, -0.1) is 6.58 Å². The Morgan fingerprint density at radius 3 is 3.27 bits per heavy atom. The highest BCUT2D eigenvalue weighted by Gasteiger charge is 2.02. The van der Waals surface area contributed by atoms with Gasteiger partial charge >= 0.3 is 0 Å². The van der Waals surface area contributed by atoms with Crippen molar-refractivity contribution in [3.8, 4) is 0 Å². The van der Waals surface area contributed by atoms with Crippen molar-refractivity contribution < 1.29 is 4.79 Å². The summed E-state index contributed by atoms with van der Waals surface area (Å²) in [4.78, 5) is 12.1. The Bertz CT molecular complexity index is 216. The van der Waals surface area contributed by atoms with Crippen LogP contribution in [0.5, 0.6) is 0 Å². The van der Waals surface area contributed by atoms with Crippen LogP contribution in [-0.2, 0) is 4.79 Å². The Hall–Kier alpha value is -1.31. The molecule has 0 fully saturated rings. The number of hydrogen-bond acceptors (Lipinski definition) is 2. The van der Waals surface area contributed by atoms with Crippen molar-refractivity contribution in [3.63, 3.8) is 0 Å². The van der Waals surface area contributed by atoms with E-state index in [1.54, 1.807) is 12.3 Å². The number of nitrogens with zero attached hydrogens (tertiary/aromatic N) is 1. The van der Waals surface area contributed by atoms with E-state index in [1.807, 2.05) is 23.5 Å². The van der Waals surface area contributed by atoms with E-state index in [-0.39, 0.29) is 0 Å². The Morgan fingerprint density at radius 2 is 2.64 bits per heavy atom. The standard InChI is InChI=1S/C9H10NO/c1-2-5-10-6-3-4-9(7-10)8-11/h2-3,6-7H,1,4-5H2. The molecule has 0 aliphatic carbocycles. The van der Waals surface area contributed by atoms with E-state index in [0.29, 0.717) is 12.0 Å². The molecule has 0 aromatic carbocycles. The molecule has 0 atom stereocenters. The fourth-order valence-corrected chi connectivity index (χ4v) is 0.942. The largest absolute Gasteiger partial charge is 0.350 e. The third-order valence-electron chi connectivity index (χ3n) is 1.43. The highest BCUT2D eigenvalue weighted by Crippen LogP contribution is 2.08. The first-order valence-corrected chi connectivity index (χ1v) is 3.49. The second kappa shape index (κ2) is 3.76. The van der Waals surface area contributed by atoms with Gasteiger partial charge < -0.3 is 4.90 Å². The van der Waals surface area contributed by atoms with Crippen molar-refractivity contribution in [2.24, 2.45) is 0 Å². The first-order valence-electron chi connectivity index (χ1n) is 3.49. The van der Waals surface area contributed by atoms with Crippen molar-refractivity contribution in [1.29, 1.82) is 0 Å². The Morgan fingerprint density at radius 1 is 1.82 bits per heavy atom. The van der Waals surface area contributed by atoms with Crippen LogP contribution in [0.1, 0.15) is 6.42 Å². The van der Waals surface area contributed by atoms with Gasteiger partial charge in [-0.05, 0) is 6.42 Å². The third-order valence-corrected chi connectivity index (χ3v) is 1.43. The van der Waals surface area contributed by atoms with Crippen LogP contribution in [0.15, 0.2) is 36.7 Å². The molecular formula is C9H10NO. The minimum absolute atomic E-state index is 0.689. The van der Waals surface area contributed by atoms with Crippen molar-refractivity contribution in [2.75, 3.05) is 6.54 Å². The number of carbonyl (C=O) groups excluding carboxylic acids is 1. The topological polar surface area (TPSA) is 20.3 Å². The number of rotatable bonds is 3. The first-order chi connectivity index (χ1) is 5.36. The molecular weight excluding hydrogens is 138 g/mol. The quantitative estimate of drug-likeness (QED) is 0.563. The Kier molecular flexibility index (Phi) is 2.66. The lowest BCUT2D eigenvalue weighted by Crippen LogP contribution is -2.13. The summed E-state index contributed by atoms with van der Waals surface area (Å²) in [6.07, 6.45) is 10.0. The van der Waals surface area contributed by atoms with Crippen LogP contribution in [0.4, 0.5) is 0 Å². The molecule has 0 spiro atoms. The molecule has 0 saturated heterocycles. The molecule has 0 N–H and O–H groups in total. The van der Waals surface area contributed by atoms with E-state index in [2.05, 4.69) is 6.58 Å². The van der Waals surface area contributed by atoms with Crippen LogP contribution in [0.2, 0.25) is 0 Å². The predicted octanol–water partition coefficient (Wildman–Crippen LogP) is 1.39. The minimum atomic E-state index is 0.689. The molecule has 1 aliphatic rings. The highest BCUT2D eigenvalue weighted by atomic mass is 16.1. The normalized spacial score (nSPS) is 16.0. The maximum Gasteiger partial charge on any atom is 0.231 e. The summed E-state index contributed by atoms with van der Waals surface area (Å²) < 4.78 is 0. The van der Waals surface area contributed by atoms with Crippen LogP contribution < -0.4 is 0 Å². The fraction of sp³-hybridized carbons (Fsp3) is 0.222.